The Kier molecular flexibility index (Phi) is 9.35. The van der Waals surface area contributed by atoms with Gasteiger partial charge in [0.1, 0.15) is 5.60 Å². The fourth-order valence-corrected chi connectivity index (χ4v) is 2.12. The van der Waals surface area contributed by atoms with Gasteiger partial charge in [0.2, 0.25) is 0 Å². The molecule has 0 N–H and O–H groups in total. The van der Waals surface area contributed by atoms with Gasteiger partial charge in [-0.25, -0.2) is 9.59 Å². The maximum Gasteiger partial charge on any atom is 0.410 e. The average molecular weight is 379 g/mol. The molecule has 0 saturated heterocycles. The molecule has 1 atom stereocenters. The molecule has 1 aliphatic rings. The van der Waals surface area contributed by atoms with Crippen LogP contribution >= 0.6 is 0 Å². The molecule has 0 aromatic heterocycles. The first-order valence-electron chi connectivity index (χ1n) is 8.09. The fourth-order valence-electron chi connectivity index (χ4n) is 2.12. The molecular weight excluding hydrogens is 350 g/mol. The maximum absolute atomic E-state index is 11.9. The first kappa shape index (κ1) is 24.2. The highest BCUT2D eigenvalue weighted by atomic mass is 16.6. The van der Waals surface area contributed by atoms with Gasteiger partial charge in [-0.3, -0.25) is 4.79 Å². The van der Waals surface area contributed by atoms with Gasteiger partial charge in [-0.1, -0.05) is 25.3 Å². The first-order chi connectivity index (χ1) is 12.1. The molecule has 7 heteroatoms. The van der Waals surface area contributed by atoms with Crippen LogP contribution in [-0.4, -0.2) is 56.3 Å². The number of esters is 2. The van der Waals surface area contributed by atoms with E-state index in [0.29, 0.717) is 12.0 Å². The van der Waals surface area contributed by atoms with E-state index in [2.05, 4.69) is 11.8 Å². The zero-order valence-electron chi connectivity index (χ0n) is 16.0. The van der Waals surface area contributed by atoms with Crippen LogP contribution in [0.25, 0.3) is 0 Å². The lowest BCUT2D eigenvalue weighted by molar-refractivity contribution is -0.143. The normalized spacial score (nSPS) is 15.7. The number of nitrogens with zero attached hydrogens (tertiary/aromatic N) is 1. The van der Waals surface area contributed by atoms with Crippen LogP contribution in [0.2, 0.25) is 0 Å². The lowest BCUT2D eigenvalue weighted by atomic mass is 9.90. The number of rotatable bonds is 3. The minimum absolute atomic E-state index is 0. The van der Waals surface area contributed by atoms with Gasteiger partial charge in [0, 0.05) is 12.6 Å². The standard InChI is InChI=1S/C19H25NO6.CH4/c1-19(2,3)26-18(23)20(4)9-7-8-13-10-14(16(21)24-5)12-15(11-13)17(22)25-6;/h10,12,15H,9,11H2,1-6H3;1H4. The largest absolute Gasteiger partial charge is 0.469 e. The number of carbonyl (C=O) groups is 3. The second-order valence-electron chi connectivity index (χ2n) is 6.76. The fraction of sp³-hybridized carbons (Fsp3) is 0.550. The van der Waals surface area contributed by atoms with Crippen molar-refractivity contribution in [1.29, 1.82) is 0 Å². The van der Waals surface area contributed by atoms with Crippen molar-refractivity contribution in [3.63, 3.8) is 0 Å². The number of hydrogen-bond acceptors (Lipinski definition) is 6. The molecule has 27 heavy (non-hydrogen) atoms. The summed E-state index contributed by atoms with van der Waals surface area (Å²) < 4.78 is 14.7. The summed E-state index contributed by atoms with van der Waals surface area (Å²) in [5.41, 5.74) is 0.248. The van der Waals surface area contributed by atoms with Crippen LogP contribution in [-0.2, 0) is 23.8 Å². The Bertz CT molecular complexity index is 687. The quantitative estimate of drug-likeness (QED) is 0.426. The minimum Gasteiger partial charge on any atom is -0.469 e. The van der Waals surface area contributed by atoms with Crippen LogP contribution < -0.4 is 0 Å². The summed E-state index contributed by atoms with van der Waals surface area (Å²) in [6, 6.07) is 0. The summed E-state index contributed by atoms with van der Waals surface area (Å²) in [5.74, 6) is 4.13. The third-order valence-corrected chi connectivity index (χ3v) is 3.35. The Labute approximate surface area is 161 Å². The summed E-state index contributed by atoms with van der Waals surface area (Å²) in [7, 11) is 4.13. The predicted octanol–water partition coefficient (Wildman–Crippen LogP) is 2.71. The van der Waals surface area contributed by atoms with Crippen LogP contribution in [0.3, 0.4) is 0 Å². The number of allylic oxidation sites excluding steroid dienone is 1. The van der Waals surface area contributed by atoms with E-state index in [1.807, 2.05) is 0 Å². The van der Waals surface area contributed by atoms with Gasteiger partial charge >= 0.3 is 18.0 Å². The monoisotopic (exact) mass is 379 g/mol. The summed E-state index contributed by atoms with van der Waals surface area (Å²) >= 11 is 0. The molecule has 0 aromatic rings. The Hall–Kier alpha value is -2.75. The maximum atomic E-state index is 11.9. The second-order valence-corrected chi connectivity index (χ2v) is 6.76. The lowest BCUT2D eigenvalue weighted by Gasteiger charge is -2.23. The van der Waals surface area contributed by atoms with Crippen molar-refractivity contribution >= 4 is 18.0 Å². The summed E-state index contributed by atoms with van der Waals surface area (Å²) in [5, 5.41) is 0. The van der Waals surface area contributed by atoms with E-state index in [1.54, 1.807) is 33.9 Å². The van der Waals surface area contributed by atoms with E-state index in [9.17, 15) is 14.4 Å². The molecule has 0 bridgehead atoms. The third-order valence-electron chi connectivity index (χ3n) is 3.35. The molecular formula is C20H29NO6. The Balaban J connectivity index is 0.00000676. The number of amides is 1. The lowest BCUT2D eigenvalue weighted by Crippen LogP contribution is -2.34. The Morgan fingerprint density at radius 2 is 1.85 bits per heavy atom. The third kappa shape index (κ3) is 7.99. The van der Waals surface area contributed by atoms with Crippen molar-refractivity contribution in [3.8, 4) is 11.8 Å². The number of hydrogen-bond donors (Lipinski definition) is 0. The van der Waals surface area contributed by atoms with Crippen LogP contribution in [0.1, 0.15) is 34.6 Å². The summed E-state index contributed by atoms with van der Waals surface area (Å²) in [6.45, 7) is 5.49. The van der Waals surface area contributed by atoms with Gasteiger partial charge in [-0.05, 0) is 33.3 Å². The molecule has 0 aliphatic heterocycles. The van der Waals surface area contributed by atoms with Crippen molar-refractivity contribution in [2.75, 3.05) is 27.8 Å². The highest BCUT2D eigenvalue weighted by Crippen LogP contribution is 2.24. The molecule has 7 nitrogen and oxygen atoms in total. The molecule has 0 heterocycles. The second kappa shape index (κ2) is 10.4. The van der Waals surface area contributed by atoms with Gasteiger partial charge in [-0.15, -0.1) is 0 Å². The van der Waals surface area contributed by atoms with Crippen molar-refractivity contribution in [3.05, 3.63) is 23.3 Å². The van der Waals surface area contributed by atoms with Crippen molar-refractivity contribution in [2.24, 2.45) is 5.92 Å². The van der Waals surface area contributed by atoms with Crippen LogP contribution in [0.15, 0.2) is 23.3 Å². The van der Waals surface area contributed by atoms with Crippen molar-refractivity contribution in [2.45, 2.75) is 40.2 Å². The molecule has 0 saturated carbocycles. The van der Waals surface area contributed by atoms with E-state index in [4.69, 9.17) is 14.2 Å². The van der Waals surface area contributed by atoms with Crippen LogP contribution in [0.4, 0.5) is 4.79 Å². The van der Waals surface area contributed by atoms with E-state index in [0.717, 1.165) is 0 Å². The van der Waals surface area contributed by atoms with Gasteiger partial charge in [0.15, 0.2) is 0 Å². The zero-order valence-corrected chi connectivity index (χ0v) is 16.0. The SMILES string of the molecule is C.COC(=O)C1=CC(C(=O)OC)CC(C#CCN(C)C(=O)OC(C)(C)C)=C1. The number of ether oxygens (including phenoxy) is 3. The Morgan fingerprint density at radius 1 is 1.22 bits per heavy atom. The molecule has 0 fully saturated rings. The van der Waals surface area contributed by atoms with Gasteiger partial charge in [-0.2, -0.15) is 0 Å². The van der Waals surface area contributed by atoms with Gasteiger partial charge < -0.3 is 19.1 Å². The molecule has 1 rings (SSSR count). The Morgan fingerprint density at radius 3 is 2.37 bits per heavy atom. The smallest absolute Gasteiger partial charge is 0.410 e. The van der Waals surface area contributed by atoms with E-state index >= 15 is 0 Å². The molecule has 1 aliphatic carbocycles. The topological polar surface area (TPSA) is 82.1 Å². The minimum atomic E-state index is -0.605. The van der Waals surface area contributed by atoms with Crippen LogP contribution in [0, 0.1) is 17.8 Å². The number of methoxy groups -OCH3 is 2. The number of carbonyl (C=O) groups excluding carboxylic acids is 3. The summed E-state index contributed by atoms with van der Waals surface area (Å²) in [6.07, 6.45) is 2.92. The molecule has 1 unspecified atom stereocenters. The highest BCUT2D eigenvalue weighted by molar-refractivity contribution is 5.93. The molecule has 1 amide bonds. The van der Waals surface area contributed by atoms with Crippen molar-refractivity contribution in [1.82, 2.24) is 4.90 Å². The molecule has 0 spiro atoms. The first-order valence-corrected chi connectivity index (χ1v) is 8.09. The molecule has 150 valence electrons. The van der Waals surface area contributed by atoms with Gasteiger partial charge in [0.25, 0.3) is 0 Å². The average Bonchev–Trinajstić information content (AvgIpc) is 2.58. The van der Waals surface area contributed by atoms with E-state index in [1.165, 1.54) is 25.2 Å². The zero-order chi connectivity index (χ0) is 19.9. The molecule has 0 radical (unpaired) electrons. The van der Waals surface area contributed by atoms with Crippen molar-refractivity contribution < 1.29 is 28.6 Å². The van der Waals surface area contributed by atoms with Crippen LogP contribution in [0.5, 0.6) is 0 Å². The predicted molar refractivity (Wildman–Crippen MR) is 102 cm³/mol. The van der Waals surface area contributed by atoms with E-state index in [-0.39, 0.29) is 19.5 Å². The van der Waals surface area contributed by atoms with Gasteiger partial charge in [0.05, 0.1) is 32.3 Å². The van der Waals surface area contributed by atoms with E-state index < -0.39 is 29.6 Å². The summed E-state index contributed by atoms with van der Waals surface area (Å²) in [4.78, 5) is 36.8. The molecule has 0 aromatic carbocycles. The highest BCUT2D eigenvalue weighted by Gasteiger charge is 2.25.